The minimum atomic E-state index is 0.0753. The number of carbonyl (C=O) groups excluding carboxylic acids is 1. The molecule has 2 aliphatic rings. The smallest absolute Gasteiger partial charge is 0.254 e. The zero-order valence-corrected chi connectivity index (χ0v) is 12.9. The molecule has 0 atom stereocenters. The number of nitrogens with zero attached hydrogens (tertiary/aromatic N) is 1. The average molecular weight is 309 g/mol. The van der Waals surface area contributed by atoms with E-state index in [1.54, 1.807) is 0 Å². The van der Waals surface area contributed by atoms with Gasteiger partial charge in [-0.2, -0.15) is 0 Å². The van der Waals surface area contributed by atoms with Crippen molar-refractivity contribution in [2.75, 3.05) is 19.7 Å². The van der Waals surface area contributed by atoms with Crippen molar-refractivity contribution < 1.29 is 14.3 Å². The molecule has 4 nitrogen and oxygen atoms in total. The van der Waals surface area contributed by atoms with Crippen LogP contribution in [0.15, 0.2) is 48.5 Å². The normalized spacial score (nSPS) is 17.0. The number of hydrogen-bond donors (Lipinski definition) is 0. The first-order valence-corrected chi connectivity index (χ1v) is 8.06. The maximum atomic E-state index is 12.5. The van der Waals surface area contributed by atoms with Crippen LogP contribution in [0.1, 0.15) is 22.3 Å². The highest BCUT2D eigenvalue weighted by atomic mass is 16.5. The number of amides is 1. The third-order valence-corrected chi connectivity index (χ3v) is 4.34. The number of benzene rings is 2. The Labute approximate surface area is 135 Å². The highest BCUT2D eigenvalue weighted by Gasteiger charge is 2.33. The van der Waals surface area contributed by atoms with Gasteiger partial charge < -0.3 is 14.4 Å². The lowest BCUT2D eigenvalue weighted by Gasteiger charge is -2.39. The number of rotatable bonds is 3. The molecule has 23 heavy (non-hydrogen) atoms. The van der Waals surface area contributed by atoms with Crippen molar-refractivity contribution >= 4 is 5.91 Å². The number of fused-ring (bicyclic) bond motifs is 1. The van der Waals surface area contributed by atoms with E-state index in [0.717, 1.165) is 42.1 Å². The molecule has 4 rings (SSSR count). The molecule has 0 aromatic heterocycles. The van der Waals surface area contributed by atoms with Crippen LogP contribution in [0.2, 0.25) is 0 Å². The Morgan fingerprint density at radius 1 is 1.13 bits per heavy atom. The molecule has 0 bridgehead atoms. The van der Waals surface area contributed by atoms with E-state index in [-0.39, 0.29) is 12.0 Å². The van der Waals surface area contributed by atoms with Crippen molar-refractivity contribution in [3.8, 4) is 11.5 Å². The molecule has 0 radical (unpaired) electrons. The van der Waals surface area contributed by atoms with E-state index >= 15 is 0 Å². The monoisotopic (exact) mass is 309 g/mol. The highest BCUT2D eigenvalue weighted by molar-refractivity contribution is 5.95. The minimum Gasteiger partial charge on any atom is -0.493 e. The lowest BCUT2D eigenvalue weighted by Crippen LogP contribution is -2.56. The topological polar surface area (TPSA) is 38.8 Å². The number of likely N-dealkylation sites (tertiary alicyclic amines) is 1. The van der Waals surface area contributed by atoms with Crippen LogP contribution in [0.3, 0.4) is 0 Å². The van der Waals surface area contributed by atoms with Crippen LogP contribution < -0.4 is 9.47 Å². The zero-order valence-electron chi connectivity index (χ0n) is 12.9. The fraction of sp³-hybridized carbons (Fsp3) is 0.316. The first-order chi connectivity index (χ1) is 11.3. The maximum Gasteiger partial charge on any atom is 0.254 e. The molecule has 2 aromatic rings. The van der Waals surface area contributed by atoms with Crippen LogP contribution in [0.25, 0.3) is 0 Å². The van der Waals surface area contributed by atoms with Gasteiger partial charge in [-0.25, -0.2) is 0 Å². The van der Waals surface area contributed by atoms with Crippen molar-refractivity contribution in [3.63, 3.8) is 0 Å². The summed E-state index contributed by atoms with van der Waals surface area (Å²) in [7, 11) is 0. The van der Waals surface area contributed by atoms with Gasteiger partial charge in [0.25, 0.3) is 5.91 Å². The molecule has 2 aliphatic heterocycles. The van der Waals surface area contributed by atoms with Gasteiger partial charge in [0.05, 0.1) is 19.7 Å². The van der Waals surface area contributed by atoms with Crippen molar-refractivity contribution in [1.29, 1.82) is 0 Å². The van der Waals surface area contributed by atoms with Crippen molar-refractivity contribution in [3.05, 3.63) is 59.7 Å². The van der Waals surface area contributed by atoms with Crippen LogP contribution in [0.4, 0.5) is 0 Å². The van der Waals surface area contributed by atoms with Crippen LogP contribution in [0.5, 0.6) is 11.5 Å². The molecule has 0 N–H and O–H groups in total. The molecule has 0 spiro atoms. The Morgan fingerprint density at radius 3 is 2.78 bits per heavy atom. The molecule has 1 saturated heterocycles. The van der Waals surface area contributed by atoms with E-state index in [2.05, 4.69) is 0 Å². The predicted octanol–water partition coefficient (Wildman–Crippen LogP) is 2.92. The van der Waals surface area contributed by atoms with Crippen molar-refractivity contribution in [2.45, 2.75) is 18.9 Å². The van der Waals surface area contributed by atoms with Gasteiger partial charge in [-0.05, 0) is 48.7 Å². The molecular weight excluding hydrogens is 290 g/mol. The van der Waals surface area contributed by atoms with Crippen LogP contribution >= 0.6 is 0 Å². The maximum absolute atomic E-state index is 12.5. The Hall–Kier alpha value is -2.49. The number of aryl methyl sites for hydroxylation is 1. The lowest BCUT2D eigenvalue weighted by molar-refractivity contribution is 0.0178. The second-order valence-corrected chi connectivity index (χ2v) is 6.04. The van der Waals surface area contributed by atoms with Gasteiger partial charge in [0.2, 0.25) is 0 Å². The summed E-state index contributed by atoms with van der Waals surface area (Å²) in [6.07, 6.45) is 2.08. The Bertz CT molecular complexity index is 708. The average Bonchev–Trinajstić information content (AvgIpc) is 2.57. The Kier molecular flexibility index (Phi) is 3.66. The quantitative estimate of drug-likeness (QED) is 0.875. The van der Waals surface area contributed by atoms with Gasteiger partial charge in [0, 0.05) is 5.56 Å². The third kappa shape index (κ3) is 2.89. The summed E-state index contributed by atoms with van der Waals surface area (Å²) < 4.78 is 11.4. The highest BCUT2D eigenvalue weighted by Crippen LogP contribution is 2.27. The van der Waals surface area contributed by atoms with Gasteiger partial charge in [-0.3, -0.25) is 4.79 Å². The molecule has 2 aromatic carbocycles. The third-order valence-electron chi connectivity index (χ3n) is 4.34. The van der Waals surface area contributed by atoms with Gasteiger partial charge >= 0.3 is 0 Å². The van der Waals surface area contributed by atoms with E-state index in [4.69, 9.17) is 9.47 Å². The molecule has 0 unspecified atom stereocenters. The molecule has 0 saturated carbocycles. The van der Waals surface area contributed by atoms with Crippen molar-refractivity contribution in [2.24, 2.45) is 0 Å². The van der Waals surface area contributed by atoms with Gasteiger partial charge in [0.15, 0.2) is 0 Å². The Balaban J connectivity index is 1.38. The number of ether oxygens (including phenoxy) is 2. The summed E-state index contributed by atoms with van der Waals surface area (Å²) in [5.41, 5.74) is 1.88. The second kappa shape index (κ2) is 5.95. The molecule has 1 amide bonds. The number of para-hydroxylation sites is 1. The van der Waals surface area contributed by atoms with E-state index in [0.29, 0.717) is 13.1 Å². The Morgan fingerprint density at radius 2 is 1.96 bits per heavy atom. The minimum absolute atomic E-state index is 0.0753. The predicted molar refractivity (Wildman–Crippen MR) is 87.0 cm³/mol. The fourth-order valence-corrected chi connectivity index (χ4v) is 3.05. The van der Waals surface area contributed by atoms with E-state index in [9.17, 15) is 4.79 Å². The van der Waals surface area contributed by atoms with E-state index in [1.807, 2.05) is 53.4 Å². The van der Waals surface area contributed by atoms with Crippen LogP contribution in [0, 0.1) is 0 Å². The zero-order chi connectivity index (χ0) is 15.6. The summed E-state index contributed by atoms with van der Waals surface area (Å²) in [4.78, 5) is 14.4. The summed E-state index contributed by atoms with van der Waals surface area (Å²) in [5.74, 6) is 1.85. The fourth-order valence-electron chi connectivity index (χ4n) is 3.05. The molecule has 118 valence electrons. The van der Waals surface area contributed by atoms with Crippen molar-refractivity contribution in [1.82, 2.24) is 4.90 Å². The summed E-state index contributed by atoms with van der Waals surface area (Å²) in [5, 5.41) is 0. The standard InChI is InChI=1S/C19H19NO3/c21-19(15-8-9-18-14(11-15)5-4-10-22-18)20-12-17(13-20)23-16-6-2-1-3-7-16/h1-3,6-9,11,17H,4-5,10,12-13H2. The van der Waals surface area contributed by atoms with Crippen LogP contribution in [-0.4, -0.2) is 36.6 Å². The SMILES string of the molecule is O=C(c1ccc2c(c1)CCCO2)N1CC(Oc2ccccc2)C1. The molecule has 0 aliphatic carbocycles. The first-order valence-electron chi connectivity index (χ1n) is 8.06. The summed E-state index contributed by atoms with van der Waals surface area (Å²) in [6.45, 7) is 2.05. The second-order valence-electron chi connectivity index (χ2n) is 6.04. The van der Waals surface area contributed by atoms with Crippen LogP contribution in [-0.2, 0) is 6.42 Å². The largest absolute Gasteiger partial charge is 0.493 e. The van der Waals surface area contributed by atoms with E-state index in [1.165, 1.54) is 0 Å². The number of carbonyl (C=O) groups is 1. The summed E-state index contributed by atoms with van der Waals surface area (Å²) >= 11 is 0. The molecular formula is C19H19NO3. The number of hydrogen-bond acceptors (Lipinski definition) is 3. The van der Waals surface area contributed by atoms with Gasteiger partial charge in [-0.1, -0.05) is 18.2 Å². The molecule has 4 heteroatoms. The molecule has 2 heterocycles. The van der Waals surface area contributed by atoms with Gasteiger partial charge in [0.1, 0.15) is 17.6 Å². The van der Waals surface area contributed by atoms with Gasteiger partial charge in [-0.15, -0.1) is 0 Å². The first kappa shape index (κ1) is 14.1. The molecule has 1 fully saturated rings. The summed E-state index contributed by atoms with van der Waals surface area (Å²) in [6, 6.07) is 15.5. The lowest BCUT2D eigenvalue weighted by atomic mass is 10.0. The van der Waals surface area contributed by atoms with E-state index < -0.39 is 0 Å².